The minimum Gasteiger partial charge on any atom is -0.490 e. The molecule has 0 heterocycles. The van der Waals surface area contributed by atoms with E-state index in [1.54, 1.807) is 6.92 Å². The Kier molecular flexibility index (Phi) is 10.1. The molecule has 0 unspecified atom stereocenters. The van der Waals surface area contributed by atoms with E-state index in [2.05, 4.69) is 85.8 Å². The first kappa shape index (κ1) is 27.9. The Morgan fingerprint density at radius 2 is 1.36 bits per heavy atom. The van der Waals surface area contributed by atoms with Crippen LogP contribution < -0.4 is 4.74 Å². The number of carbonyl (C=O) groups is 1. The molecule has 0 aliphatic heterocycles. The van der Waals surface area contributed by atoms with Crippen LogP contribution in [0.15, 0.2) is 109 Å². The van der Waals surface area contributed by atoms with E-state index in [1.807, 2.05) is 37.3 Å². The molecule has 0 saturated heterocycles. The molecule has 4 nitrogen and oxygen atoms in total. The minimum atomic E-state index is -0.602. The largest absolute Gasteiger partial charge is 0.490 e. The zero-order valence-corrected chi connectivity index (χ0v) is 22.9. The lowest BCUT2D eigenvalue weighted by Gasteiger charge is -2.16. The molecular formula is C35H36O4. The monoisotopic (exact) mass is 520 g/mol. The van der Waals surface area contributed by atoms with Crippen molar-refractivity contribution in [3.63, 3.8) is 0 Å². The van der Waals surface area contributed by atoms with Gasteiger partial charge in [0.25, 0.3) is 0 Å². The lowest BCUT2D eigenvalue weighted by molar-refractivity contribution is -0.156. The predicted octanol–water partition coefficient (Wildman–Crippen LogP) is 7.68. The van der Waals surface area contributed by atoms with Crippen molar-refractivity contribution in [1.82, 2.24) is 0 Å². The van der Waals surface area contributed by atoms with Crippen LogP contribution in [0.1, 0.15) is 36.1 Å². The molecule has 0 aromatic heterocycles. The molecular weight excluding hydrogens is 484 g/mol. The van der Waals surface area contributed by atoms with Crippen LogP contribution in [0.2, 0.25) is 0 Å². The van der Waals surface area contributed by atoms with Gasteiger partial charge in [0.1, 0.15) is 12.4 Å². The lowest BCUT2D eigenvalue weighted by atomic mass is 9.95. The normalized spacial score (nSPS) is 12.1. The van der Waals surface area contributed by atoms with Crippen LogP contribution in [0.5, 0.6) is 5.75 Å². The Hall–Kier alpha value is -4.15. The highest BCUT2D eigenvalue weighted by atomic mass is 16.6. The van der Waals surface area contributed by atoms with Gasteiger partial charge in [-0.3, -0.25) is 0 Å². The second-order valence-electron chi connectivity index (χ2n) is 9.28. The lowest BCUT2D eigenvalue weighted by Crippen LogP contribution is -2.28. The van der Waals surface area contributed by atoms with Gasteiger partial charge in [0, 0.05) is 13.0 Å². The number of carbonyl (C=O) groups excluding carboxylic acids is 1. The van der Waals surface area contributed by atoms with Gasteiger partial charge >= 0.3 is 5.97 Å². The molecule has 0 N–H and O–H groups in total. The van der Waals surface area contributed by atoms with Crippen molar-refractivity contribution in [2.24, 2.45) is 0 Å². The van der Waals surface area contributed by atoms with Crippen molar-refractivity contribution >= 4 is 11.5 Å². The summed E-state index contributed by atoms with van der Waals surface area (Å²) in [5, 5.41) is 0. The summed E-state index contributed by atoms with van der Waals surface area (Å²) in [6.45, 7) is 6.98. The molecule has 200 valence electrons. The first-order valence-corrected chi connectivity index (χ1v) is 13.5. The Labute approximate surface area is 231 Å². The smallest absolute Gasteiger partial charge is 0.335 e. The number of rotatable bonds is 12. The fourth-order valence-electron chi connectivity index (χ4n) is 4.41. The van der Waals surface area contributed by atoms with E-state index < -0.39 is 6.10 Å². The molecule has 1 atom stereocenters. The molecule has 0 radical (unpaired) electrons. The first-order valence-electron chi connectivity index (χ1n) is 13.5. The van der Waals surface area contributed by atoms with E-state index in [0.717, 1.165) is 28.0 Å². The zero-order valence-electron chi connectivity index (χ0n) is 22.9. The van der Waals surface area contributed by atoms with Gasteiger partial charge in [0.15, 0.2) is 6.10 Å². The fraction of sp³-hybridized carbons (Fsp3) is 0.229. The standard InChI is InChI=1S/C35H36O4/c1-4-37-34(35(36)38-5-2)25-27-13-21-32(22-14-27)39-24-23-33(30-15-11-26(3)12-16-30)31-19-17-29(18-20-31)28-9-7-6-8-10-28/h6-23,34H,4-5,24-25H2,1-3H3/b33-23-/t34-/m0/s1. The number of hydrogen-bond acceptors (Lipinski definition) is 4. The SMILES string of the molecule is CCOC(=O)[C@H](Cc1ccc(OC/C=C(/c2ccc(C)cc2)c2ccc(-c3ccccc3)cc2)cc1)OCC. The average Bonchev–Trinajstić information content (AvgIpc) is 2.97. The second kappa shape index (κ2) is 14.1. The maximum absolute atomic E-state index is 12.2. The summed E-state index contributed by atoms with van der Waals surface area (Å²) in [4.78, 5) is 12.2. The summed E-state index contributed by atoms with van der Waals surface area (Å²) >= 11 is 0. The molecule has 0 spiro atoms. The van der Waals surface area contributed by atoms with E-state index in [0.29, 0.717) is 26.2 Å². The topological polar surface area (TPSA) is 44.8 Å². The highest BCUT2D eigenvalue weighted by Crippen LogP contribution is 2.27. The summed E-state index contributed by atoms with van der Waals surface area (Å²) in [7, 11) is 0. The molecule has 4 aromatic rings. The van der Waals surface area contributed by atoms with Crippen molar-refractivity contribution in [2.45, 2.75) is 33.3 Å². The van der Waals surface area contributed by atoms with Gasteiger partial charge in [0.2, 0.25) is 0 Å². The van der Waals surface area contributed by atoms with Crippen molar-refractivity contribution < 1.29 is 19.0 Å². The molecule has 4 rings (SSSR count). The third kappa shape index (κ3) is 7.92. The van der Waals surface area contributed by atoms with Crippen LogP contribution in [-0.2, 0) is 20.7 Å². The van der Waals surface area contributed by atoms with Crippen molar-refractivity contribution in [3.8, 4) is 16.9 Å². The first-order chi connectivity index (χ1) is 19.1. The zero-order chi connectivity index (χ0) is 27.5. The van der Waals surface area contributed by atoms with Crippen LogP contribution in [-0.4, -0.2) is 31.9 Å². The Morgan fingerprint density at radius 3 is 1.97 bits per heavy atom. The highest BCUT2D eigenvalue weighted by Gasteiger charge is 2.20. The third-order valence-corrected chi connectivity index (χ3v) is 6.46. The van der Waals surface area contributed by atoms with E-state index in [1.165, 1.54) is 16.7 Å². The molecule has 39 heavy (non-hydrogen) atoms. The minimum absolute atomic E-state index is 0.328. The fourth-order valence-corrected chi connectivity index (χ4v) is 4.41. The maximum atomic E-state index is 12.2. The Balaban J connectivity index is 1.47. The second-order valence-corrected chi connectivity index (χ2v) is 9.28. The number of aryl methyl sites for hydroxylation is 1. The van der Waals surface area contributed by atoms with Crippen molar-refractivity contribution in [1.29, 1.82) is 0 Å². The summed E-state index contributed by atoms with van der Waals surface area (Å²) in [6, 6.07) is 35.4. The van der Waals surface area contributed by atoms with Gasteiger partial charge in [-0.2, -0.15) is 0 Å². The molecule has 0 aliphatic rings. The van der Waals surface area contributed by atoms with Crippen LogP contribution in [0, 0.1) is 6.92 Å². The van der Waals surface area contributed by atoms with Gasteiger partial charge in [-0.25, -0.2) is 4.79 Å². The van der Waals surface area contributed by atoms with E-state index in [-0.39, 0.29) is 5.97 Å². The number of hydrogen-bond donors (Lipinski definition) is 0. The van der Waals surface area contributed by atoms with Gasteiger partial charge < -0.3 is 14.2 Å². The molecule has 0 amide bonds. The predicted molar refractivity (Wildman–Crippen MR) is 158 cm³/mol. The van der Waals surface area contributed by atoms with E-state index in [9.17, 15) is 4.79 Å². The molecule has 4 aromatic carbocycles. The highest BCUT2D eigenvalue weighted by molar-refractivity contribution is 5.81. The number of benzene rings is 4. The van der Waals surface area contributed by atoms with Gasteiger partial charge in [0.05, 0.1) is 6.61 Å². The van der Waals surface area contributed by atoms with Crippen LogP contribution in [0.3, 0.4) is 0 Å². The van der Waals surface area contributed by atoms with Gasteiger partial charge in [-0.05, 0) is 72.4 Å². The van der Waals surface area contributed by atoms with Crippen LogP contribution in [0.4, 0.5) is 0 Å². The quantitative estimate of drug-likeness (QED) is 0.180. The molecule has 0 aliphatic carbocycles. The molecule has 4 heteroatoms. The molecule has 0 saturated carbocycles. The summed E-state index contributed by atoms with van der Waals surface area (Å²) < 4.78 is 16.8. The van der Waals surface area contributed by atoms with Crippen LogP contribution >= 0.6 is 0 Å². The average molecular weight is 521 g/mol. The molecule has 0 bridgehead atoms. The number of ether oxygens (including phenoxy) is 3. The Bertz CT molecular complexity index is 1340. The number of esters is 1. The molecule has 0 fully saturated rings. The summed E-state index contributed by atoms with van der Waals surface area (Å²) in [6.07, 6.45) is 1.99. The van der Waals surface area contributed by atoms with Crippen LogP contribution in [0.25, 0.3) is 16.7 Å². The van der Waals surface area contributed by atoms with Crippen molar-refractivity contribution in [2.75, 3.05) is 19.8 Å². The van der Waals surface area contributed by atoms with E-state index >= 15 is 0 Å². The Morgan fingerprint density at radius 1 is 0.744 bits per heavy atom. The summed E-state index contributed by atoms with van der Waals surface area (Å²) in [5.74, 6) is 0.437. The maximum Gasteiger partial charge on any atom is 0.335 e. The van der Waals surface area contributed by atoms with Gasteiger partial charge in [-0.1, -0.05) is 96.6 Å². The summed E-state index contributed by atoms with van der Waals surface area (Å²) in [5.41, 5.74) is 8.01. The van der Waals surface area contributed by atoms with Crippen molar-refractivity contribution in [3.05, 3.63) is 131 Å². The third-order valence-electron chi connectivity index (χ3n) is 6.46. The van der Waals surface area contributed by atoms with E-state index in [4.69, 9.17) is 14.2 Å². The van der Waals surface area contributed by atoms with Gasteiger partial charge in [-0.15, -0.1) is 0 Å².